The van der Waals surface area contributed by atoms with Gasteiger partial charge in [0, 0.05) is 11.6 Å². The van der Waals surface area contributed by atoms with Crippen LogP contribution in [-0.4, -0.2) is 25.7 Å². The molecule has 1 atom stereocenters. The molecule has 152 valence electrons. The first-order chi connectivity index (χ1) is 13.6. The summed E-state index contributed by atoms with van der Waals surface area (Å²) < 4.78 is 66.4. The van der Waals surface area contributed by atoms with Crippen LogP contribution in [0.4, 0.5) is 13.2 Å². The Labute approximate surface area is 163 Å². The molecule has 1 aromatic heterocycles. The normalized spacial score (nSPS) is 12.7. The number of nitrogens with one attached hydrogen (secondary N) is 1. The zero-order valence-corrected chi connectivity index (χ0v) is 15.1. The van der Waals surface area contributed by atoms with Crippen molar-refractivity contribution in [3.05, 3.63) is 64.0 Å². The maximum atomic E-state index is 13.5. The Morgan fingerprint density at radius 1 is 1.17 bits per heavy atom. The molecule has 2 N–H and O–H groups in total. The monoisotopic (exact) mass is 426 g/mol. The molecule has 0 aliphatic heterocycles. The predicted octanol–water partition coefficient (Wildman–Crippen LogP) is 2.75. The summed E-state index contributed by atoms with van der Waals surface area (Å²) in [7, 11) is 0. The van der Waals surface area contributed by atoms with Gasteiger partial charge in [-0.25, -0.2) is 0 Å². The second-order valence-corrected chi connectivity index (χ2v) is 6.74. The van der Waals surface area contributed by atoms with E-state index in [-0.39, 0.29) is 22.3 Å². The molecular formula is C18H11F3NO6S-. The molecule has 0 saturated heterocycles. The van der Waals surface area contributed by atoms with Gasteiger partial charge in [-0.2, -0.15) is 13.2 Å². The number of amides is 1. The number of aromatic hydroxyl groups is 1. The Kier molecular flexibility index (Phi) is 5.44. The van der Waals surface area contributed by atoms with Crippen LogP contribution in [0.5, 0.6) is 5.75 Å². The molecule has 3 rings (SSSR count). The Hall–Kier alpha value is -3.18. The van der Waals surface area contributed by atoms with E-state index in [4.69, 9.17) is 4.42 Å². The number of hydrogen-bond donors (Lipinski definition) is 2. The first-order valence-electron chi connectivity index (χ1n) is 7.89. The summed E-state index contributed by atoms with van der Waals surface area (Å²) in [6, 6.07) is 7.74. The first kappa shape index (κ1) is 20.6. The molecule has 1 unspecified atom stereocenters. The fourth-order valence-corrected chi connectivity index (χ4v) is 2.91. The van der Waals surface area contributed by atoms with Gasteiger partial charge in [0.15, 0.2) is 0 Å². The van der Waals surface area contributed by atoms with Crippen molar-refractivity contribution in [3.63, 3.8) is 0 Å². The van der Waals surface area contributed by atoms with Crippen molar-refractivity contribution < 1.29 is 36.3 Å². The highest BCUT2D eigenvalue weighted by atomic mass is 32.2. The van der Waals surface area contributed by atoms with Gasteiger partial charge < -0.3 is 19.4 Å². The molecule has 0 aliphatic rings. The fourth-order valence-electron chi connectivity index (χ4n) is 2.66. The summed E-state index contributed by atoms with van der Waals surface area (Å²) in [6.45, 7) is 0. The number of phenolic OH excluding ortho intramolecular Hbond substituents is 1. The number of rotatable bonds is 4. The molecule has 0 fully saturated rings. The molecule has 0 radical (unpaired) electrons. The Balaban J connectivity index is 2.12. The van der Waals surface area contributed by atoms with E-state index in [1.54, 1.807) is 0 Å². The van der Waals surface area contributed by atoms with Gasteiger partial charge in [-0.15, -0.1) is 0 Å². The van der Waals surface area contributed by atoms with Gasteiger partial charge in [0.1, 0.15) is 11.3 Å². The zero-order valence-electron chi connectivity index (χ0n) is 14.3. The summed E-state index contributed by atoms with van der Waals surface area (Å²) in [4.78, 5) is 24.5. The molecule has 0 aliphatic carbocycles. The molecule has 11 heteroatoms. The van der Waals surface area contributed by atoms with Crippen molar-refractivity contribution in [2.45, 2.75) is 6.18 Å². The van der Waals surface area contributed by atoms with Gasteiger partial charge in [0.25, 0.3) is 5.91 Å². The lowest BCUT2D eigenvalue weighted by Crippen LogP contribution is -2.26. The standard InChI is InChI=1S/C18H12F3NO6S/c19-18(20,21)16-14(15(24)12-6-5-11(23)7-13(12)28-16)9-1-3-10(4-2-9)17(25)22-8-29(26)27/h1-7,23H,8H2,(H,22,25)(H,26,27)/p-1. The van der Waals surface area contributed by atoms with E-state index in [2.05, 4.69) is 5.32 Å². The maximum Gasteiger partial charge on any atom is 0.450 e. The van der Waals surface area contributed by atoms with Crippen molar-refractivity contribution in [3.8, 4) is 16.9 Å². The Morgan fingerprint density at radius 2 is 1.83 bits per heavy atom. The number of carbonyl (C=O) groups is 1. The highest BCUT2D eigenvalue weighted by Crippen LogP contribution is 2.37. The predicted molar refractivity (Wildman–Crippen MR) is 95.8 cm³/mol. The lowest BCUT2D eigenvalue weighted by atomic mass is 10.00. The Morgan fingerprint density at radius 3 is 2.41 bits per heavy atom. The molecule has 2 aromatic carbocycles. The summed E-state index contributed by atoms with van der Waals surface area (Å²) in [6.07, 6.45) is -5.00. The lowest BCUT2D eigenvalue weighted by Gasteiger charge is -2.13. The zero-order chi connectivity index (χ0) is 21.3. The van der Waals surface area contributed by atoms with Crippen LogP contribution in [0.15, 0.2) is 51.7 Å². The molecule has 7 nitrogen and oxygen atoms in total. The number of halogens is 3. The van der Waals surface area contributed by atoms with E-state index in [1.165, 1.54) is 0 Å². The van der Waals surface area contributed by atoms with Crippen LogP contribution in [-0.2, 0) is 17.3 Å². The van der Waals surface area contributed by atoms with Gasteiger partial charge in [0.05, 0.1) is 16.8 Å². The second kappa shape index (κ2) is 7.68. The van der Waals surface area contributed by atoms with Crippen LogP contribution in [0.25, 0.3) is 22.1 Å². The molecule has 3 aromatic rings. The van der Waals surface area contributed by atoms with Gasteiger partial charge in [-0.05, 0) is 40.9 Å². The van der Waals surface area contributed by atoms with Crippen LogP contribution in [0.2, 0.25) is 0 Å². The SMILES string of the molecule is O=C(NCS(=O)[O-])c1ccc(-c2c(C(F)(F)F)oc3cc(O)ccc3c2=O)cc1. The molecule has 0 spiro atoms. The second-order valence-electron chi connectivity index (χ2n) is 5.84. The number of phenols is 1. The molecule has 1 amide bonds. The van der Waals surface area contributed by atoms with Crippen LogP contribution < -0.4 is 10.7 Å². The average molecular weight is 426 g/mol. The molecule has 0 bridgehead atoms. The lowest BCUT2D eigenvalue weighted by molar-refractivity contribution is -0.152. The smallest absolute Gasteiger partial charge is 0.450 e. The van der Waals surface area contributed by atoms with Crippen molar-refractivity contribution in [1.29, 1.82) is 0 Å². The van der Waals surface area contributed by atoms with E-state index in [1.807, 2.05) is 0 Å². The highest BCUT2D eigenvalue weighted by molar-refractivity contribution is 7.79. The largest absolute Gasteiger partial charge is 0.771 e. The Bertz CT molecular complexity index is 1170. The van der Waals surface area contributed by atoms with E-state index < -0.39 is 51.4 Å². The number of alkyl halides is 3. The quantitative estimate of drug-likeness (QED) is 0.619. The minimum absolute atomic E-state index is 0.0112. The van der Waals surface area contributed by atoms with E-state index >= 15 is 0 Å². The van der Waals surface area contributed by atoms with Gasteiger partial charge in [-0.1, -0.05) is 12.1 Å². The van der Waals surface area contributed by atoms with Gasteiger partial charge in [-0.3, -0.25) is 13.8 Å². The van der Waals surface area contributed by atoms with Crippen molar-refractivity contribution in [1.82, 2.24) is 5.32 Å². The van der Waals surface area contributed by atoms with Crippen molar-refractivity contribution >= 4 is 28.0 Å². The third-order valence-electron chi connectivity index (χ3n) is 3.92. The van der Waals surface area contributed by atoms with Crippen molar-refractivity contribution in [2.75, 3.05) is 5.88 Å². The molecular weight excluding hydrogens is 415 g/mol. The summed E-state index contributed by atoms with van der Waals surface area (Å²) in [5.41, 5.74) is -2.29. The topological polar surface area (TPSA) is 120 Å². The van der Waals surface area contributed by atoms with Crippen LogP contribution in [0.3, 0.4) is 0 Å². The molecule has 1 heterocycles. The summed E-state index contributed by atoms with van der Waals surface area (Å²) >= 11 is -2.50. The van der Waals surface area contributed by atoms with Crippen LogP contribution >= 0.6 is 0 Å². The number of carbonyl (C=O) groups excluding carboxylic acids is 1. The van der Waals surface area contributed by atoms with Gasteiger partial charge >= 0.3 is 6.18 Å². The van der Waals surface area contributed by atoms with Crippen LogP contribution in [0, 0.1) is 0 Å². The van der Waals surface area contributed by atoms with Crippen molar-refractivity contribution in [2.24, 2.45) is 0 Å². The molecule has 29 heavy (non-hydrogen) atoms. The molecule has 0 saturated carbocycles. The van der Waals surface area contributed by atoms with E-state index in [0.29, 0.717) is 0 Å². The average Bonchev–Trinajstić information content (AvgIpc) is 2.65. The van der Waals surface area contributed by atoms with Gasteiger partial charge in [0.2, 0.25) is 11.2 Å². The summed E-state index contributed by atoms with van der Waals surface area (Å²) in [5.74, 6) is -3.28. The minimum Gasteiger partial charge on any atom is -0.771 e. The van der Waals surface area contributed by atoms with E-state index in [9.17, 15) is 36.6 Å². The first-order valence-corrected chi connectivity index (χ1v) is 9.14. The number of hydrogen-bond acceptors (Lipinski definition) is 6. The maximum absolute atomic E-state index is 13.5. The van der Waals surface area contributed by atoms with E-state index in [0.717, 1.165) is 42.5 Å². The number of benzene rings is 2. The highest BCUT2D eigenvalue weighted by Gasteiger charge is 2.39. The third kappa shape index (κ3) is 4.30. The number of fused-ring (bicyclic) bond motifs is 1. The summed E-state index contributed by atoms with van der Waals surface area (Å²) in [5, 5.41) is 11.4. The van der Waals surface area contributed by atoms with Crippen LogP contribution in [0.1, 0.15) is 16.1 Å². The fraction of sp³-hybridized carbons (Fsp3) is 0.111. The minimum atomic E-state index is -5.00. The third-order valence-corrected chi connectivity index (χ3v) is 4.30.